The van der Waals surface area contributed by atoms with Crippen molar-refractivity contribution in [2.45, 2.75) is 19.5 Å². The van der Waals surface area contributed by atoms with Crippen LogP contribution < -0.4 is 20.1 Å². The Bertz CT molecular complexity index is 979. The molecule has 2 N–H and O–H groups in total. The number of ether oxygens (including phenoxy) is 2. The average molecular weight is 418 g/mol. The highest BCUT2D eigenvalue weighted by Gasteiger charge is 2.35. The summed E-state index contributed by atoms with van der Waals surface area (Å²) in [5.41, 5.74) is 0.0482. The van der Waals surface area contributed by atoms with E-state index in [4.69, 9.17) is 9.47 Å². The number of rotatable bonds is 8. The minimum absolute atomic E-state index is 0.0237. The van der Waals surface area contributed by atoms with Crippen LogP contribution in [0.1, 0.15) is 18.9 Å². The summed E-state index contributed by atoms with van der Waals surface area (Å²) in [6.07, 6.45) is -2.98. The number of aromatic nitrogens is 2. The number of benzene rings is 2. The van der Waals surface area contributed by atoms with Crippen LogP contribution in [0.15, 0.2) is 54.7 Å². The average Bonchev–Trinajstić information content (AvgIpc) is 2.73. The van der Waals surface area contributed by atoms with Gasteiger partial charge in [-0.25, -0.2) is 4.98 Å². The predicted molar refractivity (Wildman–Crippen MR) is 109 cm³/mol. The van der Waals surface area contributed by atoms with Gasteiger partial charge < -0.3 is 20.1 Å². The van der Waals surface area contributed by atoms with Crippen molar-refractivity contribution in [3.63, 3.8) is 0 Å². The van der Waals surface area contributed by atoms with Gasteiger partial charge in [0.2, 0.25) is 5.95 Å². The van der Waals surface area contributed by atoms with E-state index in [1.807, 2.05) is 6.92 Å². The van der Waals surface area contributed by atoms with E-state index in [0.29, 0.717) is 29.5 Å². The lowest BCUT2D eigenvalue weighted by atomic mass is 10.2. The van der Waals surface area contributed by atoms with E-state index in [1.165, 1.54) is 7.11 Å². The van der Waals surface area contributed by atoms with Crippen LogP contribution in [0.3, 0.4) is 0 Å². The summed E-state index contributed by atoms with van der Waals surface area (Å²) in [7, 11) is 1.48. The Morgan fingerprint density at radius 3 is 2.40 bits per heavy atom. The number of hydrogen-bond donors (Lipinski definition) is 2. The fourth-order valence-electron chi connectivity index (χ4n) is 2.57. The molecule has 0 saturated heterocycles. The first kappa shape index (κ1) is 21.2. The molecule has 6 nitrogen and oxygen atoms in total. The summed E-state index contributed by atoms with van der Waals surface area (Å²) in [6.45, 7) is 2.61. The number of alkyl halides is 3. The molecule has 0 saturated carbocycles. The molecular weight excluding hydrogens is 397 g/mol. The number of halogens is 3. The summed E-state index contributed by atoms with van der Waals surface area (Å²) in [5.74, 6) is 0.870. The largest absolute Gasteiger partial charge is 0.497 e. The van der Waals surface area contributed by atoms with E-state index >= 15 is 0 Å². The third kappa shape index (κ3) is 5.53. The van der Waals surface area contributed by atoms with Crippen LogP contribution in [0.4, 0.5) is 36.3 Å². The maximum Gasteiger partial charge on any atom is 0.421 e. The summed E-state index contributed by atoms with van der Waals surface area (Å²) >= 11 is 0. The molecular formula is C21H21F3N4O2. The van der Waals surface area contributed by atoms with E-state index < -0.39 is 11.7 Å². The topological polar surface area (TPSA) is 68.3 Å². The molecule has 158 valence electrons. The van der Waals surface area contributed by atoms with Crippen LogP contribution in [0.2, 0.25) is 0 Å². The predicted octanol–water partition coefficient (Wildman–Crippen LogP) is 5.78. The Kier molecular flexibility index (Phi) is 6.61. The standard InChI is InChI=1S/C21H21F3N4O2/c1-3-11-30-16-9-7-14(8-10-16)27-20-25-13-18(21(22,23)24)19(28-20)26-15-5-4-6-17(12-15)29-2/h4-10,12-13H,3,11H2,1-2H3,(H2,25,26,27,28). The first-order chi connectivity index (χ1) is 14.4. The Morgan fingerprint density at radius 2 is 1.73 bits per heavy atom. The van der Waals surface area contributed by atoms with Gasteiger partial charge in [-0.05, 0) is 42.8 Å². The highest BCUT2D eigenvalue weighted by atomic mass is 19.4. The van der Waals surface area contributed by atoms with Crippen LogP contribution in [0.25, 0.3) is 0 Å². The second kappa shape index (κ2) is 9.34. The Morgan fingerprint density at radius 1 is 0.967 bits per heavy atom. The van der Waals surface area contributed by atoms with Crippen molar-refractivity contribution in [1.29, 1.82) is 0 Å². The van der Waals surface area contributed by atoms with Crippen molar-refractivity contribution in [3.8, 4) is 11.5 Å². The number of nitrogens with zero attached hydrogens (tertiary/aromatic N) is 2. The van der Waals surface area contributed by atoms with Crippen molar-refractivity contribution in [3.05, 3.63) is 60.3 Å². The van der Waals surface area contributed by atoms with Crippen molar-refractivity contribution in [1.82, 2.24) is 9.97 Å². The third-order valence-electron chi connectivity index (χ3n) is 4.01. The van der Waals surface area contributed by atoms with Gasteiger partial charge in [0.25, 0.3) is 0 Å². The van der Waals surface area contributed by atoms with Crippen LogP contribution in [0.5, 0.6) is 11.5 Å². The zero-order chi connectivity index (χ0) is 21.6. The van der Waals surface area contributed by atoms with Gasteiger partial charge in [0.05, 0.1) is 13.7 Å². The van der Waals surface area contributed by atoms with E-state index in [-0.39, 0.29) is 11.8 Å². The maximum absolute atomic E-state index is 13.4. The lowest BCUT2D eigenvalue weighted by Crippen LogP contribution is -2.12. The second-order valence-electron chi connectivity index (χ2n) is 6.31. The zero-order valence-corrected chi connectivity index (χ0v) is 16.5. The van der Waals surface area contributed by atoms with Gasteiger partial charge in [-0.15, -0.1) is 0 Å². The summed E-state index contributed by atoms with van der Waals surface area (Å²) in [6, 6.07) is 13.5. The van der Waals surface area contributed by atoms with Gasteiger partial charge in [0, 0.05) is 23.6 Å². The minimum Gasteiger partial charge on any atom is -0.497 e. The Hall–Kier alpha value is -3.49. The van der Waals surface area contributed by atoms with E-state index in [0.717, 1.165) is 12.6 Å². The van der Waals surface area contributed by atoms with Gasteiger partial charge in [-0.1, -0.05) is 13.0 Å². The zero-order valence-electron chi connectivity index (χ0n) is 16.5. The van der Waals surface area contributed by atoms with Crippen LogP contribution in [-0.4, -0.2) is 23.7 Å². The first-order valence-electron chi connectivity index (χ1n) is 9.24. The molecule has 0 amide bonds. The van der Waals surface area contributed by atoms with Gasteiger partial charge in [-0.3, -0.25) is 0 Å². The van der Waals surface area contributed by atoms with E-state index in [9.17, 15) is 13.2 Å². The molecule has 9 heteroatoms. The molecule has 0 fully saturated rings. The molecule has 3 aromatic rings. The van der Waals surface area contributed by atoms with Crippen molar-refractivity contribution < 1.29 is 22.6 Å². The van der Waals surface area contributed by atoms with Crippen molar-refractivity contribution >= 4 is 23.1 Å². The monoisotopic (exact) mass is 418 g/mol. The maximum atomic E-state index is 13.4. The molecule has 0 aliphatic rings. The minimum atomic E-state index is -4.61. The Labute approximate surface area is 172 Å². The molecule has 2 aromatic carbocycles. The van der Waals surface area contributed by atoms with E-state index in [1.54, 1.807) is 48.5 Å². The highest BCUT2D eigenvalue weighted by molar-refractivity contribution is 5.64. The fourth-order valence-corrected chi connectivity index (χ4v) is 2.57. The number of methoxy groups -OCH3 is 1. The van der Waals surface area contributed by atoms with E-state index in [2.05, 4.69) is 20.6 Å². The van der Waals surface area contributed by atoms with Gasteiger partial charge in [0.15, 0.2) is 0 Å². The fraction of sp³-hybridized carbons (Fsp3) is 0.238. The molecule has 0 unspecified atom stereocenters. The highest BCUT2D eigenvalue weighted by Crippen LogP contribution is 2.35. The number of hydrogen-bond acceptors (Lipinski definition) is 6. The summed E-state index contributed by atoms with van der Waals surface area (Å²) in [4.78, 5) is 7.84. The SMILES string of the molecule is CCCOc1ccc(Nc2ncc(C(F)(F)F)c(Nc3cccc(OC)c3)n2)cc1. The van der Waals surface area contributed by atoms with Gasteiger partial charge >= 0.3 is 6.18 Å². The van der Waals surface area contributed by atoms with Crippen LogP contribution in [0, 0.1) is 0 Å². The molecule has 0 atom stereocenters. The summed E-state index contributed by atoms with van der Waals surface area (Å²) in [5, 5.41) is 5.61. The molecule has 1 heterocycles. The molecule has 0 aliphatic heterocycles. The van der Waals surface area contributed by atoms with Gasteiger partial charge in [-0.2, -0.15) is 18.2 Å². The molecule has 3 rings (SSSR count). The number of nitrogens with one attached hydrogen (secondary N) is 2. The molecule has 0 bridgehead atoms. The van der Waals surface area contributed by atoms with Crippen LogP contribution >= 0.6 is 0 Å². The quantitative estimate of drug-likeness (QED) is 0.483. The normalized spacial score (nSPS) is 11.1. The van der Waals surface area contributed by atoms with Crippen molar-refractivity contribution in [2.75, 3.05) is 24.4 Å². The molecule has 0 spiro atoms. The third-order valence-corrected chi connectivity index (χ3v) is 4.01. The molecule has 0 radical (unpaired) electrons. The summed E-state index contributed by atoms with van der Waals surface area (Å²) < 4.78 is 50.9. The van der Waals surface area contributed by atoms with Crippen LogP contribution in [-0.2, 0) is 6.18 Å². The molecule has 30 heavy (non-hydrogen) atoms. The van der Waals surface area contributed by atoms with Gasteiger partial charge in [0.1, 0.15) is 22.9 Å². The molecule has 0 aliphatic carbocycles. The lowest BCUT2D eigenvalue weighted by Gasteiger charge is -2.15. The number of anilines is 4. The lowest BCUT2D eigenvalue weighted by molar-refractivity contribution is -0.137. The smallest absolute Gasteiger partial charge is 0.421 e. The second-order valence-corrected chi connectivity index (χ2v) is 6.31. The molecule has 1 aromatic heterocycles. The first-order valence-corrected chi connectivity index (χ1v) is 9.24. The van der Waals surface area contributed by atoms with Crippen molar-refractivity contribution in [2.24, 2.45) is 0 Å². The Balaban J connectivity index is 1.85.